The molecule has 6 nitrogen and oxygen atoms in total. The summed E-state index contributed by atoms with van der Waals surface area (Å²) in [4.78, 5) is 19.6. The zero-order valence-electron chi connectivity index (χ0n) is 17.4. The number of ether oxygens (including phenoxy) is 1. The molecule has 0 unspecified atom stereocenters. The molecule has 2 N–H and O–H groups in total. The average molecular weight is 506 g/mol. The maximum atomic E-state index is 14.0. The molecule has 0 saturated heterocycles. The number of anilines is 1. The highest BCUT2D eigenvalue weighted by Crippen LogP contribution is 2.28. The lowest BCUT2D eigenvalue weighted by atomic mass is 10.1. The Morgan fingerprint density at radius 1 is 1.16 bits per heavy atom. The van der Waals surface area contributed by atoms with Crippen molar-refractivity contribution < 1.29 is 23.4 Å². The molecule has 0 spiro atoms. The predicted molar refractivity (Wildman–Crippen MR) is 121 cm³/mol. The Morgan fingerprint density at radius 2 is 1.91 bits per heavy atom. The lowest BCUT2D eigenvalue weighted by Crippen LogP contribution is -2.09. The van der Waals surface area contributed by atoms with E-state index in [1.165, 1.54) is 18.5 Å². The number of hydrogen-bond acceptors (Lipinski definition) is 5. The highest BCUT2D eigenvalue weighted by Gasteiger charge is 2.13. The SMILES string of the molecule is CCCOc1cc(-c2cc(NCCc3c(F)cc(Br)cc3F)ncn2)ccc1CC(=O)O. The Bertz CT molecular complexity index is 1090. The fraction of sp³-hybridized carbons (Fsp3) is 0.261. The van der Waals surface area contributed by atoms with Crippen molar-refractivity contribution in [3.63, 3.8) is 0 Å². The summed E-state index contributed by atoms with van der Waals surface area (Å²) in [5.41, 5.74) is 1.93. The van der Waals surface area contributed by atoms with Gasteiger partial charge in [-0.05, 0) is 31.0 Å². The lowest BCUT2D eigenvalue weighted by Gasteiger charge is -2.12. The van der Waals surface area contributed by atoms with Crippen LogP contribution in [0.2, 0.25) is 0 Å². The minimum absolute atomic E-state index is 0.00159. The van der Waals surface area contributed by atoms with Crippen molar-refractivity contribution in [3.8, 4) is 17.0 Å². The summed E-state index contributed by atoms with van der Waals surface area (Å²) in [5, 5.41) is 12.2. The molecule has 1 aromatic heterocycles. The molecular weight excluding hydrogens is 484 g/mol. The van der Waals surface area contributed by atoms with E-state index in [0.29, 0.717) is 33.9 Å². The fourth-order valence-corrected chi connectivity index (χ4v) is 3.51. The van der Waals surface area contributed by atoms with Gasteiger partial charge in [0.25, 0.3) is 0 Å². The van der Waals surface area contributed by atoms with Crippen LogP contribution in [0.1, 0.15) is 24.5 Å². The van der Waals surface area contributed by atoms with E-state index in [0.717, 1.165) is 12.0 Å². The van der Waals surface area contributed by atoms with Crippen molar-refractivity contribution in [1.29, 1.82) is 0 Å². The first-order valence-electron chi connectivity index (χ1n) is 10.0. The number of benzene rings is 2. The van der Waals surface area contributed by atoms with Gasteiger partial charge in [-0.25, -0.2) is 18.7 Å². The molecule has 168 valence electrons. The van der Waals surface area contributed by atoms with Gasteiger partial charge in [-0.2, -0.15) is 0 Å². The van der Waals surface area contributed by atoms with Gasteiger partial charge in [-0.1, -0.05) is 35.0 Å². The Labute approximate surface area is 192 Å². The first kappa shape index (κ1) is 23.6. The van der Waals surface area contributed by atoms with E-state index in [-0.39, 0.29) is 24.9 Å². The monoisotopic (exact) mass is 505 g/mol. The van der Waals surface area contributed by atoms with Crippen LogP contribution in [0.25, 0.3) is 11.3 Å². The van der Waals surface area contributed by atoms with Crippen LogP contribution < -0.4 is 10.1 Å². The Morgan fingerprint density at radius 3 is 2.59 bits per heavy atom. The first-order valence-corrected chi connectivity index (χ1v) is 10.8. The second kappa shape index (κ2) is 11.0. The number of carbonyl (C=O) groups is 1. The molecule has 32 heavy (non-hydrogen) atoms. The molecule has 0 amide bonds. The minimum atomic E-state index is -0.939. The van der Waals surface area contributed by atoms with Crippen molar-refractivity contribution in [3.05, 3.63) is 70.0 Å². The molecule has 0 aliphatic heterocycles. The van der Waals surface area contributed by atoms with Crippen LogP contribution in [0.4, 0.5) is 14.6 Å². The molecule has 0 fully saturated rings. The number of carboxylic acids is 1. The van der Waals surface area contributed by atoms with E-state index >= 15 is 0 Å². The third-order valence-corrected chi connectivity index (χ3v) is 5.08. The molecule has 0 aliphatic carbocycles. The van der Waals surface area contributed by atoms with E-state index in [1.54, 1.807) is 24.3 Å². The summed E-state index contributed by atoms with van der Waals surface area (Å²) in [5.74, 6) is -1.16. The summed E-state index contributed by atoms with van der Waals surface area (Å²) >= 11 is 3.07. The van der Waals surface area contributed by atoms with Gasteiger partial charge in [0, 0.05) is 33.8 Å². The summed E-state index contributed by atoms with van der Waals surface area (Å²) in [6.07, 6.45) is 2.18. The standard InChI is InChI=1S/C23H22BrF2N3O3/c1-2-7-32-21-8-14(3-4-15(21)9-23(30)31)20-12-22(29-13-28-20)27-6-5-17-18(25)10-16(24)11-19(17)26/h3-4,8,10-13H,2,5-7,9H2,1H3,(H,30,31)(H,27,28,29). The van der Waals surface area contributed by atoms with Gasteiger partial charge < -0.3 is 15.2 Å². The summed E-state index contributed by atoms with van der Waals surface area (Å²) in [7, 11) is 0. The molecule has 0 saturated carbocycles. The fourth-order valence-electron chi connectivity index (χ4n) is 3.11. The van der Waals surface area contributed by atoms with Crippen LogP contribution in [-0.2, 0) is 17.6 Å². The van der Waals surface area contributed by atoms with Gasteiger partial charge in [0.1, 0.15) is 29.5 Å². The largest absolute Gasteiger partial charge is 0.493 e. The lowest BCUT2D eigenvalue weighted by molar-refractivity contribution is -0.136. The van der Waals surface area contributed by atoms with Gasteiger partial charge in [0.15, 0.2) is 0 Å². The van der Waals surface area contributed by atoms with E-state index in [1.807, 2.05) is 6.92 Å². The second-order valence-electron chi connectivity index (χ2n) is 7.05. The molecule has 1 heterocycles. The van der Waals surface area contributed by atoms with Crippen LogP contribution in [0, 0.1) is 11.6 Å². The molecule has 3 aromatic rings. The Kier molecular flexibility index (Phi) is 8.10. The molecule has 2 aromatic carbocycles. The number of hydrogen-bond donors (Lipinski definition) is 2. The third kappa shape index (κ3) is 6.23. The van der Waals surface area contributed by atoms with E-state index in [2.05, 4.69) is 31.2 Å². The highest BCUT2D eigenvalue weighted by atomic mass is 79.9. The maximum absolute atomic E-state index is 14.0. The number of rotatable bonds is 10. The van der Waals surface area contributed by atoms with Gasteiger partial charge >= 0.3 is 5.97 Å². The van der Waals surface area contributed by atoms with Gasteiger partial charge in [-0.3, -0.25) is 4.79 Å². The van der Waals surface area contributed by atoms with Crippen LogP contribution in [-0.4, -0.2) is 34.2 Å². The molecule has 0 bridgehead atoms. The molecule has 9 heteroatoms. The Hall–Kier alpha value is -3.07. The topological polar surface area (TPSA) is 84.3 Å². The van der Waals surface area contributed by atoms with Crippen LogP contribution in [0.5, 0.6) is 5.75 Å². The van der Waals surface area contributed by atoms with E-state index in [4.69, 9.17) is 9.84 Å². The molecule has 0 aliphatic rings. The number of aliphatic carboxylic acids is 1. The molecule has 0 atom stereocenters. The summed E-state index contributed by atoms with van der Waals surface area (Å²) < 4.78 is 34.1. The second-order valence-corrected chi connectivity index (χ2v) is 7.97. The van der Waals surface area contributed by atoms with Crippen molar-refractivity contribution in [2.75, 3.05) is 18.5 Å². The van der Waals surface area contributed by atoms with E-state index < -0.39 is 17.6 Å². The summed E-state index contributed by atoms with van der Waals surface area (Å²) in [6, 6.07) is 9.41. The highest BCUT2D eigenvalue weighted by molar-refractivity contribution is 9.10. The van der Waals surface area contributed by atoms with Crippen LogP contribution >= 0.6 is 15.9 Å². The number of carboxylic acid groups (broad SMARTS) is 1. The van der Waals surface area contributed by atoms with Crippen LogP contribution in [0.15, 0.2) is 47.2 Å². The summed E-state index contributed by atoms with van der Waals surface area (Å²) in [6.45, 7) is 2.71. The quantitative estimate of drug-likeness (QED) is 0.391. The van der Waals surface area contributed by atoms with Crippen molar-refractivity contribution in [2.24, 2.45) is 0 Å². The predicted octanol–water partition coefficient (Wildman–Crippen LogP) is 5.25. The minimum Gasteiger partial charge on any atom is -0.493 e. The van der Waals surface area contributed by atoms with Crippen molar-refractivity contribution in [1.82, 2.24) is 9.97 Å². The van der Waals surface area contributed by atoms with Crippen molar-refractivity contribution in [2.45, 2.75) is 26.2 Å². The zero-order valence-corrected chi connectivity index (χ0v) is 19.0. The molecular formula is C23H22BrF2N3O3. The van der Waals surface area contributed by atoms with Crippen molar-refractivity contribution >= 4 is 27.7 Å². The molecule has 3 rings (SSSR count). The number of halogens is 3. The normalized spacial score (nSPS) is 10.8. The zero-order chi connectivity index (χ0) is 23.1. The first-order chi connectivity index (χ1) is 15.4. The number of nitrogens with one attached hydrogen (secondary N) is 1. The van der Waals surface area contributed by atoms with Gasteiger partial charge in [-0.15, -0.1) is 0 Å². The van der Waals surface area contributed by atoms with Gasteiger partial charge in [0.2, 0.25) is 0 Å². The number of nitrogens with zero attached hydrogens (tertiary/aromatic N) is 2. The van der Waals surface area contributed by atoms with E-state index in [9.17, 15) is 13.6 Å². The average Bonchev–Trinajstić information content (AvgIpc) is 2.74. The van der Waals surface area contributed by atoms with Crippen LogP contribution in [0.3, 0.4) is 0 Å². The third-order valence-electron chi connectivity index (χ3n) is 4.62. The maximum Gasteiger partial charge on any atom is 0.307 e. The van der Waals surface area contributed by atoms with Gasteiger partial charge in [0.05, 0.1) is 18.7 Å². The smallest absolute Gasteiger partial charge is 0.307 e. The molecule has 0 radical (unpaired) electrons. The number of aromatic nitrogens is 2. The Balaban J connectivity index is 1.74.